The zero-order valence-corrected chi connectivity index (χ0v) is 9.88. The van der Waals surface area contributed by atoms with Crippen molar-refractivity contribution < 1.29 is 28.9 Å². The lowest BCUT2D eigenvalue weighted by Crippen LogP contribution is -2.46. The summed E-state index contributed by atoms with van der Waals surface area (Å²) in [6.45, 7) is 4.45. The van der Waals surface area contributed by atoms with Crippen LogP contribution in [0.15, 0.2) is 0 Å². The zero-order valence-electron chi connectivity index (χ0n) is 9.88. The van der Waals surface area contributed by atoms with E-state index in [4.69, 9.17) is 9.84 Å². The molecule has 0 radical (unpaired) electrons. The summed E-state index contributed by atoms with van der Waals surface area (Å²) >= 11 is 0. The first-order valence-corrected chi connectivity index (χ1v) is 5.18. The Morgan fingerprint density at radius 3 is 2.35 bits per heavy atom. The van der Waals surface area contributed by atoms with Crippen LogP contribution in [-0.2, 0) is 9.53 Å². The van der Waals surface area contributed by atoms with Gasteiger partial charge in [-0.25, -0.2) is 14.0 Å². The number of aliphatic hydroxyl groups is 1. The number of ether oxygens (including phenoxy) is 1. The highest BCUT2D eigenvalue weighted by atomic mass is 19.1. The Kier molecular flexibility index (Phi) is 3.61. The van der Waals surface area contributed by atoms with Gasteiger partial charge in [0.2, 0.25) is 0 Å². The van der Waals surface area contributed by atoms with Gasteiger partial charge in [0.15, 0.2) is 12.2 Å². The molecule has 1 rings (SSSR count). The first kappa shape index (κ1) is 13.7. The second kappa shape index (κ2) is 4.48. The minimum absolute atomic E-state index is 0.382. The summed E-state index contributed by atoms with van der Waals surface area (Å²) in [5.41, 5.74) is -0.806. The number of likely N-dealkylation sites (tertiary alicyclic amines) is 1. The van der Waals surface area contributed by atoms with Crippen molar-refractivity contribution in [1.82, 2.24) is 4.90 Å². The Hall–Kier alpha value is -1.37. The van der Waals surface area contributed by atoms with E-state index in [2.05, 4.69) is 0 Å². The van der Waals surface area contributed by atoms with E-state index in [-0.39, 0.29) is 6.54 Å². The number of β-amino-alcohol motifs (C(OH)–C–C–N with tert-alkyl or cyclic N) is 1. The first-order chi connectivity index (χ1) is 7.63. The molecule has 0 bridgehead atoms. The number of carbonyl (C=O) groups is 2. The van der Waals surface area contributed by atoms with E-state index in [9.17, 15) is 19.1 Å². The molecule has 0 aromatic heterocycles. The van der Waals surface area contributed by atoms with Gasteiger partial charge in [-0.3, -0.25) is 4.90 Å². The number of aliphatic carboxylic acids is 1. The Labute approximate surface area is 98.0 Å². The van der Waals surface area contributed by atoms with Gasteiger partial charge in [-0.2, -0.15) is 0 Å². The molecular weight excluding hydrogens is 233 g/mol. The van der Waals surface area contributed by atoms with Crippen LogP contribution in [0.4, 0.5) is 9.18 Å². The second-order valence-corrected chi connectivity index (χ2v) is 4.93. The van der Waals surface area contributed by atoms with Gasteiger partial charge < -0.3 is 14.9 Å². The summed E-state index contributed by atoms with van der Waals surface area (Å²) in [6, 6.07) is -1.69. The van der Waals surface area contributed by atoms with Gasteiger partial charge in [0.25, 0.3) is 0 Å². The van der Waals surface area contributed by atoms with Crippen LogP contribution >= 0.6 is 0 Å². The molecule has 1 aliphatic rings. The minimum atomic E-state index is -2.00. The van der Waals surface area contributed by atoms with E-state index >= 15 is 0 Å². The van der Waals surface area contributed by atoms with E-state index in [1.165, 1.54) is 0 Å². The number of rotatable bonds is 1. The summed E-state index contributed by atoms with van der Waals surface area (Å²) in [5, 5.41) is 18.1. The molecule has 1 amide bonds. The van der Waals surface area contributed by atoms with Crippen molar-refractivity contribution >= 4 is 12.1 Å². The third kappa shape index (κ3) is 3.06. The lowest BCUT2D eigenvalue weighted by molar-refractivity contribution is -0.144. The molecule has 1 aliphatic heterocycles. The molecule has 17 heavy (non-hydrogen) atoms. The van der Waals surface area contributed by atoms with Crippen LogP contribution in [-0.4, -0.2) is 57.6 Å². The first-order valence-electron chi connectivity index (χ1n) is 5.18. The Morgan fingerprint density at radius 2 is 1.94 bits per heavy atom. The lowest BCUT2D eigenvalue weighted by atomic mass is 10.1. The van der Waals surface area contributed by atoms with Crippen molar-refractivity contribution in [3.63, 3.8) is 0 Å². The van der Waals surface area contributed by atoms with E-state index in [0.29, 0.717) is 4.90 Å². The highest BCUT2D eigenvalue weighted by molar-refractivity contribution is 5.81. The van der Waals surface area contributed by atoms with Gasteiger partial charge >= 0.3 is 12.1 Å². The minimum Gasteiger partial charge on any atom is -0.480 e. The molecule has 1 heterocycles. The average molecular weight is 249 g/mol. The van der Waals surface area contributed by atoms with Crippen molar-refractivity contribution in [2.75, 3.05) is 6.54 Å². The summed E-state index contributed by atoms with van der Waals surface area (Å²) in [7, 11) is 0. The number of hydrogen-bond acceptors (Lipinski definition) is 4. The normalized spacial score (nSPS) is 29.2. The number of halogens is 1. The van der Waals surface area contributed by atoms with E-state index in [1.54, 1.807) is 20.8 Å². The number of alkyl halides is 1. The van der Waals surface area contributed by atoms with Gasteiger partial charge in [0.05, 0.1) is 6.54 Å². The second-order valence-electron chi connectivity index (χ2n) is 4.93. The number of carbonyl (C=O) groups excluding carboxylic acids is 1. The van der Waals surface area contributed by atoms with Gasteiger partial charge in [0.1, 0.15) is 11.7 Å². The predicted octanol–water partition coefficient (Wildman–Crippen LogP) is 0.389. The SMILES string of the molecule is CC(C)(C)OC(=O)N1C[C@H](O)[C@@H](F)[C@H]1C(=O)O. The smallest absolute Gasteiger partial charge is 0.411 e. The maximum atomic E-state index is 13.4. The number of carboxylic acids is 1. The van der Waals surface area contributed by atoms with Crippen LogP contribution in [0.2, 0.25) is 0 Å². The predicted molar refractivity (Wildman–Crippen MR) is 55.3 cm³/mol. The van der Waals surface area contributed by atoms with Gasteiger partial charge in [-0.05, 0) is 20.8 Å². The Morgan fingerprint density at radius 1 is 1.41 bits per heavy atom. The van der Waals surface area contributed by atoms with Crippen LogP contribution < -0.4 is 0 Å². The largest absolute Gasteiger partial charge is 0.480 e. The molecule has 0 aromatic rings. The highest BCUT2D eigenvalue weighted by Gasteiger charge is 2.49. The Balaban J connectivity index is 2.82. The number of nitrogens with zero attached hydrogens (tertiary/aromatic N) is 1. The van der Waals surface area contributed by atoms with E-state index in [1.807, 2.05) is 0 Å². The van der Waals surface area contributed by atoms with Crippen LogP contribution in [0.3, 0.4) is 0 Å². The number of carboxylic acid groups (broad SMARTS) is 1. The lowest BCUT2D eigenvalue weighted by Gasteiger charge is -2.26. The van der Waals surface area contributed by atoms with Crippen LogP contribution in [0, 0.1) is 0 Å². The third-order valence-corrected chi connectivity index (χ3v) is 2.27. The summed E-state index contributed by atoms with van der Waals surface area (Å²) < 4.78 is 18.3. The van der Waals surface area contributed by atoms with Gasteiger partial charge in [0, 0.05) is 0 Å². The monoisotopic (exact) mass is 249 g/mol. The molecule has 0 aliphatic carbocycles. The maximum absolute atomic E-state index is 13.4. The number of amides is 1. The summed E-state index contributed by atoms with van der Waals surface area (Å²) in [5.74, 6) is -1.50. The molecule has 0 aromatic carbocycles. The molecule has 2 N–H and O–H groups in total. The quantitative estimate of drug-likeness (QED) is 0.702. The molecule has 0 spiro atoms. The number of aliphatic hydroxyl groups excluding tert-OH is 1. The van der Waals surface area contributed by atoms with Crippen molar-refractivity contribution in [3.05, 3.63) is 0 Å². The fraction of sp³-hybridized carbons (Fsp3) is 0.800. The van der Waals surface area contributed by atoms with Crippen molar-refractivity contribution in [2.24, 2.45) is 0 Å². The average Bonchev–Trinajstić information content (AvgIpc) is 2.40. The fourth-order valence-corrected chi connectivity index (χ4v) is 1.58. The topological polar surface area (TPSA) is 87.1 Å². The molecule has 3 atom stereocenters. The maximum Gasteiger partial charge on any atom is 0.411 e. The van der Waals surface area contributed by atoms with E-state index < -0.39 is 36.0 Å². The molecular formula is C10H16FNO5. The van der Waals surface area contributed by atoms with Gasteiger partial charge in [-0.1, -0.05) is 0 Å². The summed E-state index contributed by atoms with van der Waals surface area (Å²) in [4.78, 5) is 23.2. The molecule has 1 fully saturated rings. The number of hydrogen-bond donors (Lipinski definition) is 2. The Bertz CT molecular complexity index is 327. The standard InChI is InChI=1S/C10H16FNO5/c1-10(2,3)17-9(16)12-4-5(13)6(11)7(12)8(14)15/h5-7,13H,4H2,1-3H3,(H,14,15)/t5-,6+,7-/m0/s1. The highest BCUT2D eigenvalue weighted by Crippen LogP contribution is 2.24. The van der Waals surface area contributed by atoms with Crippen LogP contribution in [0.1, 0.15) is 20.8 Å². The third-order valence-electron chi connectivity index (χ3n) is 2.27. The summed E-state index contributed by atoms with van der Waals surface area (Å²) in [6.07, 6.45) is -4.44. The van der Waals surface area contributed by atoms with Crippen LogP contribution in [0.25, 0.3) is 0 Å². The molecule has 98 valence electrons. The molecule has 0 saturated carbocycles. The molecule has 7 heteroatoms. The van der Waals surface area contributed by atoms with Crippen molar-refractivity contribution in [1.29, 1.82) is 0 Å². The van der Waals surface area contributed by atoms with E-state index in [0.717, 1.165) is 0 Å². The van der Waals surface area contributed by atoms with Crippen molar-refractivity contribution in [3.8, 4) is 0 Å². The molecule has 0 unspecified atom stereocenters. The zero-order chi connectivity index (χ0) is 13.4. The van der Waals surface area contributed by atoms with Crippen molar-refractivity contribution in [2.45, 2.75) is 44.7 Å². The fourth-order valence-electron chi connectivity index (χ4n) is 1.58. The molecule has 1 saturated heterocycles. The van der Waals surface area contributed by atoms with Crippen LogP contribution in [0.5, 0.6) is 0 Å². The van der Waals surface area contributed by atoms with Gasteiger partial charge in [-0.15, -0.1) is 0 Å². The molecule has 6 nitrogen and oxygen atoms in total.